The summed E-state index contributed by atoms with van der Waals surface area (Å²) in [5.74, 6) is 1.55. The van der Waals surface area contributed by atoms with Gasteiger partial charge in [-0.2, -0.15) is 0 Å². The molecule has 1 aliphatic rings. The van der Waals surface area contributed by atoms with Crippen molar-refractivity contribution in [2.75, 3.05) is 25.0 Å². The minimum absolute atomic E-state index is 0. The number of nitrogens with zero attached hydrogens (tertiary/aromatic N) is 2. The minimum atomic E-state index is -0.431. The zero-order valence-corrected chi connectivity index (χ0v) is 17.4. The van der Waals surface area contributed by atoms with Gasteiger partial charge in [0.1, 0.15) is 5.60 Å². The van der Waals surface area contributed by atoms with Gasteiger partial charge in [0, 0.05) is 30.5 Å². The quantitative estimate of drug-likeness (QED) is 0.522. The van der Waals surface area contributed by atoms with Gasteiger partial charge in [-0.05, 0) is 26.2 Å². The fourth-order valence-electron chi connectivity index (χ4n) is 2.89. The van der Waals surface area contributed by atoms with Crippen molar-refractivity contribution in [3.8, 4) is 0 Å². The Kier molecular flexibility index (Phi) is 6.13. The van der Waals surface area contributed by atoms with Crippen LogP contribution in [-0.4, -0.2) is 36.2 Å². The predicted molar refractivity (Wildman–Crippen MR) is 94.9 cm³/mol. The molecule has 0 radical (unpaired) electrons. The number of anilines is 1. The molecule has 1 saturated heterocycles. The minimum Gasteiger partial charge on any atom is -1.00 e. The molecule has 3 rings (SSSR count). The monoisotopic (exact) mass is 455 g/mol. The summed E-state index contributed by atoms with van der Waals surface area (Å²) >= 11 is 0. The van der Waals surface area contributed by atoms with E-state index in [1.165, 1.54) is 10.8 Å². The van der Waals surface area contributed by atoms with Crippen LogP contribution in [0, 0.1) is 5.92 Å². The molecular weight excluding hydrogens is 429 g/mol. The van der Waals surface area contributed by atoms with Crippen molar-refractivity contribution in [1.82, 2.24) is 4.90 Å². The van der Waals surface area contributed by atoms with Gasteiger partial charge < -0.3 is 33.6 Å². The number of hydrogen-bond donors (Lipinski definition) is 1. The number of pyridine rings is 1. The summed E-state index contributed by atoms with van der Waals surface area (Å²) in [7, 11) is 2.04. The Labute approximate surface area is 166 Å². The first kappa shape index (κ1) is 19.8. The fourth-order valence-corrected chi connectivity index (χ4v) is 2.89. The Hall–Kier alpha value is -1.57. The Morgan fingerprint density at radius 1 is 1.28 bits per heavy atom. The predicted octanol–water partition coefficient (Wildman–Crippen LogP) is -0.0529. The van der Waals surface area contributed by atoms with Crippen molar-refractivity contribution in [2.24, 2.45) is 13.0 Å². The first-order valence-electron chi connectivity index (χ1n) is 8.42. The van der Waals surface area contributed by atoms with E-state index in [1.807, 2.05) is 27.8 Å². The van der Waals surface area contributed by atoms with E-state index < -0.39 is 5.60 Å². The Bertz CT molecular complexity index is 752. The molecular formula is C19H26IN3O2. The molecule has 2 aromatic rings. The molecule has 0 spiro atoms. The van der Waals surface area contributed by atoms with Gasteiger partial charge in [-0.1, -0.05) is 24.3 Å². The number of carbonyl (C=O) groups is 1. The average Bonchev–Trinajstić information content (AvgIpc) is 2.44. The van der Waals surface area contributed by atoms with Gasteiger partial charge >= 0.3 is 6.09 Å². The first-order chi connectivity index (χ1) is 11.3. The summed E-state index contributed by atoms with van der Waals surface area (Å²) in [6, 6.07) is 10.5. The molecule has 136 valence electrons. The number of aryl methyl sites for hydroxylation is 1. The molecule has 1 aromatic carbocycles. The molecule has 0 unspecified atom stereocenters. The van der Waals surface area contributed by atoms with Gasteiger partial charge in [-0.3, -0.25) is 5.32 Å². The number of carbonyl (C=O) groups excluding carboxylic acids is 1. The van der Waals surface area contributed by atoms with E-state index in [2.05, 4.69) is 46.4 Å². The average molecular weight is 455 g/mol. The third-order valence-electron chi connectivity index (χ3n) is 4.18. The number of halogens is 1. The molecule has 1 aromatic heterocycles. The van der Waals surface area contributed by atoms with Crippen molar-refractivity contribution >= 4 is 22.7 Å². The third kappa shape index (κ3) is 4.96. The maximum absolute atomic E-state index is 11.9. The van der Waals surface area contributed by atoms with E-state index in [-0.39, 0.29) is 30.1 Å². The van der Waals surface area contributed by atoms with E-state index in [4.69, 9.17) is 4.74 Å². The number of fused-ring (bicyclic) bond motifs is 1. The van der Waals surface area contributed by atoms with Crippen LogP contribution in [0.3, 0.4) is 0 Å². The number of rotatable bonds is 3. The molecule has 25 heavy (non-hydrogen) atoms. The van der Waals surface area contributed by atoms with Crippen LogP contribution < -0.4 is 33.9 Å². The van der Waals surface area contributed by atoms with Crippen LogP contribution in [0.25, 0.3) is 10.8 Å². The highest BCUT2D eigenvalue weighted by molar-refractivity contribution is 5.82. The molecule has 1 amide bonds. The number of amides is 1. The molecule has 0 atom stereocenters. The van der Waals surface area contributed by atoms with Crippen LogP contribution in [0.1, 0.15) is 20.8 Å². The van der Waals surface area contributed by atoms with Crippen molar-refractivity contribution in [3.63, 3.8) is 0 Å². The van der Waals surface area contributed by atoms with E-state index in [0.717, 1.165) is 25.5 Å². The Balaban J connectivity index is 0.00000225. The zero-order chi connectivity index (χ0) is 17.3. The summed E-state index contributed by atoms with van der Waals surface area (Å²) < 4.78 is 7.49. The highest BCUT2D eigenvalue weighted by Crippen LogP contribution is 2.20. The summed E-state index contributed by atoms with van der Waals surface area (Å²) in [6.45, 7) is 8.03. The summed E-state index contributed by atoms with van der Waals surface area (Å²) in [5.41, 5.74) is -0.431. The zero-order valence-electron chi connectivity index (χ0n) is 15.3. The van der Waals surface area contributed by atoms with Gasteiger partial charge in [0.25, 0.3) is 5.82 Å². The highest BCUT2D eigenvalue weighted by Gasteiger charge is 2.34. The molecule has 5 nitrogen and oxygen atoms in total. The van der Waals surface area contributed by atoms with E-state index in [1.54, 1.807) is 4.90 Å². The number of nitrogens with one attached hydrogen (secondary N) is 1. The lowest BCUT2D eigenvalue weighted by molar-refractivity contribution is -0.655. The van der Waals surface area contributed by atoms with Gasteiger partial charge in [-0.25, -0.2) is 9.36 Å². The summed E-state index contributed by atoms with van der Waals surface area (Å²) in [4.78, 5) is 13.7. The van der Waals surface area contributed by atoms with E-state index in [9.17, 15) is 4.79 Å². The second kappa shape index (κ2) is 7.76. The molecule has 1 fully saturated rings. The Morgan fingerprint density at radius 2 is 1.92 bits per heavy atom. The molecule has 0 aliphatic carbocycles. The van der Waals surface area contributed by atoms with Gasteiger partial charge in [0.05, 0.1) is 19.8 Å². The lowest BCUT2D eigenvalue weighted by Gasteiger charge is -2.38. The second-order valence-electron chi connectivity index (χ2n) is 7.53. The van der Waals surface area contributed by atoms with Gasteiger partial charge in [0.15, 0.2) is 0 Å². The van der Waals surface area contributed by atoms with Crippen molar-refractivity contribution in [1.29, 1.82) is 0 Å². The maximum Gasteiger partial charge on any atom is 0.410 e. The van der Waals surface area contributed by atoms with Crippen molar-refractivity contribution < 1.29 is 38.1 Å². The van der Waals surface area contributed by atoms with Crippen LogP contribution in [0.15, 0.2) is 36.5 Å². The van der Waals surface area contributed by atoms with Gasteiger partial charge in [-0.15, -0.1) is 0 Å². The normalized spacial score (nSPS) is 14.6. The molecule has 1 aliphatic heterocycles. The van der Waals surface area contributed by atoms with E-state index in [0.29, 0.717) is 5.92 Å². The summed E-state index contributed by atoms with van der Waals surface area (Å²) in [6.07, 6.45) is 1.92. The second-order valence-corrected chi connectivity index (χ2v) is 7.53. The third-order valence-corrected chi connectivity index (χ3v) is 4.18. The van der Waals surface area contributed by atoms with Crippen molar-refractivity contribution in [2.45, 2.75) is 26.4 Å². The smallest absolute Gasteiger partial charge is 0.410 e. The number of hydrogen-bond acceptors (Lipinski definition) is 3. The number of aromatic nitrogens is 1. The van der Waals surface area contributed by atoms with Crippen molar-refractivity contribution in [3.05, 3.63) is 36.5 Å². The van der Waals surface area contributed by atoms with Crippen LogP contribution in [0.2, 0.25) is 0 Å². The maximum atomic E-state index is 11.9. The van der Waals surface area contributed by atoms with E-state index >= 15 is 0 Å². The number of likely N-dealkylation sites (tertiary alicyclic amines) is 1. The lowest BCUT2D eigenvalue weighted by Crippen LogP contribution is -3.00. The first-order valence-corrected chi connectivity index (χ1v) is 8.42. The summed E-state index contributed by atoms with van der Waals surface area (Å²) in [5, 5.41) is 5.95. The molecule has 2 heterocycles. The number of benzene rings is 1. The van der Waals surface area contributed by atoms with Crippen LogP contribution in [-0.2, 0) is 11.8 Å². The largest absolute Gasteiger partial charge is 1.00 e. The van der Waals surface area contributed by atoms with Crippen LogP contribution >= 0.6 is 0 Å². The lowest BCUT2D eigenvalue weighted by atomic mass is 10.0. The SMILES string of the molecule is C[n+]1cc2ccccc2cc1NCC1CN(C(=O)OC(C)(C)C)C1.[I-]. The molecule has 6 heteroatoms. The molecule has 0 bridgehead atoms. The molecule has 1 N–H and O–H groups in total. The highest BCUT2D eigenvalue weighted by atomic mass is 127. The molecule has 0 saturated carbocycles. The van der Waals surface area contributed by atoms with Gasteiger partial charge in [0.2, 0.25) is 0 Å². The van der Waals surface area contributed by atoms with Crippen LogP contribution in [0.5, 0.6) is 0 Å². The fraction of sp³-hybridized carbons (Fsp3) is 0.474. The topological polar surface area (TPSA) is 45.5 Å². The Morgan fingerprint density at radius 3 is 2.56 bits per heavy atom. The number of ether oxygens (including phenoxy) is 1. The standard InChI is InChI=1S/C19H25N3O2.HI/c1-19(2,3)24-18(23)22-11-14(12-22)10-20-17-9-15-7-5-6-8-16(15)13-21(17)4;/h5-9,13-14H,10-12H2,1-4H3;1H. The van der Waals surface area contributed by atoms with Crippen LogP contribution in [0.4, 0.5) is 10.6 Å².